The lowest BCUT2D eigenvalue weighted by Gasteiger charge is -2.15. The Morgan fingerprint density at radius 1 is 0.750 bits per heavy atom. The molecule has 0 bridgehead atoms. The first-order chi connectivity index (χ1) is 11.4. The minimum Gasteiger partial charge on any atom is -0.289 e. The molecule has 0 aliphatic heterocycles. The van der Waals surface area contributed by atoms with Crippen LogP contribution >= 0.6 is 0 Å². The number of carbonyl (C=O) groups is 1. The molecule has 0 atom stereocenters. The third kappa shape index (κ3) is 2.22. The monoisotopic (exact) mass is 324 g/mol. The van der Waals surface area contributed by atoms with E-state index in [1.807, 2.05) is 36.4 Å². The van der Waals surface area contributed by atoms with Crippen molar-refractivity contribution < 1.29 is 18.0 Å². The Labute approximate surface area is 136 Å². The zero-order valence-electron chi connectivity index (χ0n) is 12.4. The average molecular weight is 324 g/mol. The molecular formula is C20H11F3O. The van der Waals surface area contributed by atoms with Crippen LogP contribution < -0.4 is 0 Å². The molecule has 2 aliphatic carbocycles. The molecule has 0 radical (unpaired) electrons. The summed E-state index contributed by atoms with van der Waals surface area (Å²) < 4.78 is 38.0. The van der Waals surface area contributed by atoms with E-state index < -0.39 is 11.7 Å². The second-order valence-electron chi connectivity index (χ2n) is 5.71. The van der Waals surface area contributed by atoms with Crippen molar-refractivity contribution in [1.82, 2.24) is 0 Å². The predicted molar refractivity (Wildman–Crippen MR) is 86.8 cm³/mol. The van der Waals surface area contributed by atoms with Crippen molar-refractivity contribution in [3.63, 3.8) is 0 Å². The molecule has 4 heteroatoms. The number of hydrogen-bond donors (Lipinski definition) is 0. The van der Waals surface area contributed by atoms with Crippen molar-refractivity contribution >= 4 is 23.0 Å². The van der Waals surface area contributed by atoms with Gasteiger partial charge in [-0.2, -0.15) is 13.2 Å². The normalized spacial score (nSPS) is 16.1. The van der Waals surface area contributed by atoms with Gasteiger partial charge in [0.25, 0.3) is 0 Å². The molecule has 0 saturated heterocycles. The third-order valence-electron chi connectivity index (χ3n) is 4.27. The third-order valence-corrected chi connectivity index (χ3v) is 4.27. The average Bonchev–Trinajstić information content (AvgIpc) is 2.94. The number of allylic oxidation sites excluding steroid dienone is 5. The van der Waals surface area contributed by atoms with Crippen LogP contribution in [0, 0.1) is 0 Å². The Morgan fingerprint density at radius 3 is 2.12 bits per heavy atom. The minimum atomic E-state index is -4.38. The van der Waals surface area contributed by atoms with E-state index in [1.165, 1.54) is 12.1 Å². The van der Waals surface area contributed by atoms with Crippen LogP contribution in [0.15, 0.2) is 66.3 Å². The van der Waals surface area contributed by atoms with E-state index in [-0.39, 0.29) is 5.78 Å². The standard InChI is InChI=1S/C20H11F3O/c21-20(22,23)14-7-5-12(6-8-14)16-9-10-17-15-4-2-1-3-13(15)11-18(17)19(16)24/h1-11H. The van der Waals surface area contributed by atoms with E-state index in [2.05, 4.69) is 0 Å². The van der Waals surface area contributed by atoms with Crippen LogP contribution in [-0.2, 0) is 11.0 Å². The number of carbonyl (C=O) groups excluding carboxylic acids is 1. The lowest BCUT2D eigenvalue weighted by molar-refractivity contribution is -0.137. The van der Waals surface area contributed by atoms with E-state index in [1.54, 1.807) is 6.08 Å². The van der Waals surface area contributed by atoms with Crippen molar-refractivity contribution in [3.8, 4) is 0 Å². The number of ketones is 1. The summed E-state index contributed by atoms with van der Waals surface area (Å²) in [7, 11) is 0. The molecule has 24 heavy (non-hydrogen) atoms. The van der Waals surface area contributed by atoms with Crippen molar-refractivity contribution in [2.45, 2.75) is 6.18 Å². The van der Waals surface area contributed by atoms with E-state index in [0.29, 0.717) is 16.7 Å². The zero-order valence-corrected chi connectivity index (χ0v) is 12.4. The maximum Gasteiger partial charge on any atom is 0.416 e. The maximum atomic E-state index is 12.8. The van der Waals surface area contributed by atoms with E-state index >= 15 is 0 Å². The van der Waals surface area contributed by atoms with Gasteiger partial charge in [0.05, 0.1) is 5.56 Å². The van der Waals surface area contributed by atoms with Gasteiger partial charge in [0.2, 0.25) is 0 Å². The highest BCUT2D eigenvalue weighted by molar-refractivity contribution is 6.38. The number of fused-ring (bicyclic) bond motifs is 3. The molecule has 2 aromatic carbocycles. The SMILES string of the molecule is O=C1C2=Cc3ccccc3C2=CC=C1c1ccc(C(F)(F)F)cc1. The summed E-state index contributed by atoms with van der Waals surface area (Å²) in [5.41, 5.74) is 3.61. The Morgan fingerprint density at radius 2 is 1.42 bits per heavy atom. The first kappa shape index (κ1) is 14.7. The molecule has 1 nitrogen and oxygen atoms in total. The van der Waals surface area contributed by atoms with Gasteiger partial charge in [-0.25, -0.2) is 0 Å². The Balaban J connectivity index is 1.74. The van der Waals surface area contributed by atoms with Gasteiger partial charge >= 0.3 is 6.18 Å². The number of hydrogen-bond acceptors (Lipinski definition) is 1. The highest BCUT2D eigenvalue weighted by Gasteiger charge is 2.31. The molecule has 0 saturated carbocycles. The van der Waals surface area contributed by atoms with Crippen molar-refractivity contribution in [2.24, 2.45) is 0 Å². The molecular weight excluding hydrogens is 313 g/mol. The van der Waals surface area contributed by atoms with Gasteiger partial charge in [0.15, 0.2) is 5.78 Å². The fourth-order valence-corrected chi connectivity index (χ4v) is 3.07. The molecule has 0 aromatic heterocycles. The fourth-order valence-electron chi connectivity index (χ4n) is 3.07. The topological polar surface area (TPSA) is 17.1 Å². The van der Waals surface area contributed by atoms with E-state index in [4.69, 9.17) is 0 Å². The largest absolute Gasteiger partial charge is 0.416 e. The Bertz CT molecular complexity index is 942. The number of rotatable bonds is 1. The van der Waals surface area contributed by atoms with E-state index in [0.717, 1.165) is 28.8 Å². The number of benzene rings is 2. The van der Waals surface area contributed by atoms with Gasteiger partial charge in [-0.3, -0.25) is 4.79 Å². The quantitative estimate of drug-likeness (QED) is 0.709. The summed E-state index contributed by atoms with van der Waals surface area (Å²) in [5.74, 6) is -0.163. The smallest absolute Gasteiger partial charge is 0.289 e. The van der Waals surface area contributed by atoms with Crippen LogP contribution in [0.4, 0.5) is 13.2 Å². The minimum absolute atomic E-state index is 0.163. The summed E-state index contributed by atoms with van der Waals surface area (Å²) in [6.07, 6.45) is 0.985. The predicted octanol–water partition coefficient (Wildman–Crippen LogP) is 5.15. The Kier molecular flexibility index (Phi) is 3.10. The maximum absolute atomic E-state index is 12.8. The second-order valence-corrected chi connectivity index (χ2v) is 5.71. The van der Waals surface area contributed by atoms with Crippen LogP contribution in [0.25, 0.3) is 17.2 Å². The van der Waals surface area contributed by atoms with Crippen LogP contribution in [0.5, 0.6) is 0 Å². The number of halogens is 3. The van der Waals surface area contributed by atoms with Gasteiger partial charge in [0.1, 0.15) is 0 Å². The van der Waals surface area contributed by atoms with Gasteiger partial charge in [-0.05, 0) is 46.5 Å². The van der Waals surface area contributed by atoms with Gasteiger partial charge < -0.3 is 0 Å². The summed E-state index contributed by atoms with van der Waals surface area (Å²) in [4.78, 5) is 12.8. The number of Topliss-reactive ketones (excluding diaryl/α,β-unsaturated/α-hetero) is 1. The molecule has 0 spiro atoms. The van der Waals surface area contributed by atoms with Crippen molar-refractivity contribution in [2.75, 3.05) is 0 Å². The van der Waals surface area contributed by atoms with Gasteiger partial charge in [-0.15, -0.1) is 0 Å². The van der Waals surface area contributed by atoms with Crippen LogP contribution in [0.2, 0.25) is 0 Å². The van der Waals surface area contributed by atoms with Crippen LogP contribution in [-0.4, -0.2) is 5.78 Å². The van der Waals surface area contributed by atoms with Gasteiger partial charge in [-0.1, -0.05) is 42.5 Å². The zero-order chi connectivity index (χ0) is 16.9. The summed E-state index contributed by atoms with van der Waals surface area (Å²) in [6.45, 7) is 0. The van der Waals surface area contributed by atoms with Crippen molar-refractivity contribution in [3.05, 3.63) is 88.5 Å². The highest BCUT2D eigenvalue weighted by Crippen LogP contribution is 2.41. The molecule has 0 fully saturated rings. The molecule has 0 unspecified atom stereocenters. The van der Waals surface area contributed by atoms with Crippen molar-refractivity contribution in [1.29, 1.82) is 0 Å². The second kappa shape index (κ2) is 5.06. The molecule has 0 amide bonds. The molecule has 4 rings (SSSR count). The molecule has 118 valence electrons. The summed E-state index contributed by atoms with van der Waals surface area (Å²) >= 11 is 0. The first-order valence-corrected chi connectivity index (χ1v) is 7.41. The first-order valence-electron chi connectivity index (χ1n) is 7.41. The molecule has 0 N–H and O–H groups in total. The fraction of sp³-hybridized carbons (Fsp3) is 0.0500. The Hall–Kier alpha value is -2.88. The molecule has 0 heterocycles. The summed E-state index contributed by atoms with van der Waals surface area (Å²) in [5, 5.41) is 0. The van der Waals surface area contributed by atoms with Gasteiger partial charge in [0, 0.05) is 11.1 Å². The lowest BCUT2D eigenvalue weighted by Crippen LogP contribution is -2.09. The lowest BCUT2D eigenvalue weighted by atomic mass is 9.87. The molecule has 2 aromatic rings. The van der Waals surface area contributed by atoms with Crippen LogP contribution in [0.1, 0.15) is 22.3 Å². The number of alkyl halides is 3. The summed E-state index contributed by atoms with van der Waals surface area (Å²) in [6, 6.07) is 12.4. The van der Waals surface area contributed by atoms with Crippen LogP contribution in [0.3, 0.4) is 0 Å². The molecule has 2 aliphatic rings. The van der Waals surface area contributed by atoms with E-state index in [9.17, 15) is 18.0 Å². The highest BCUT2D eigenvalue weighted by atomic mass is 19.4.